The molecule has 1 rings (SSSR count). The van der Waals surface area contributed by atoms with Crippen LogP contribution in [0.2, 0.25) is 0 Å². The standard InChI is InChI=1S/C11H20O7/c1-16-10-7(6-13)18-11(9(15)8(10)14)17-5-3-2-4-12/h4,7-11,13-15H,2-3,5-6H2,1H3/t7?,8-,9?,10-,11-/m1/s1. The van der Waals surface area contributed by atoms with E-state index in [0.717, 1.165) is 6.29 Å². The number of ether oxygens (including phenoxy) is 3. The first-order valence-corrected chi connectivity index (χ1v) is 5.86. The van der Waals surface area contributed by atoms with Crippen LogP contribution in [-0.4, -0.2) is 72.6 Å². The minimum atomic E-state index is -1.26. The van der Waals surface area contributed by atoms with Crippen molar-refractivity contribution >= 4 is 6.29 Å². The van der Waals surface area contributed by atoms with Gasteiger partial charge in [0.15, 0.2) is 6.29 Å². The van der Waals surface area contributed by atoms with Crippen LogP contribution in [0.1, 0.15) is 12.8 Å². The zero-order valence-electron chi connectivity index (χ0n) is 10.3. The van der Waals surface area contributed by atoms with Crippen LogP contribution < -0.4 is 0 Å². The molecule has 1 aliphatic rings. The average Bonchev–Trinajstić information content (AvgIpc) is 2.39. The number of aliphatic hydroxyl groups is 3. The predicted octanol–water partition coefficient (Wildman–Crippen LogP) is -1.56. The van der Waals surface area contributed by atoms with Gasteiger partial charge in [0.05, 0.1) is 13.2 Å². The summed E-state index contributed by atoms with van der Waals surface area (Å²) in [5.74, 6) is 0. The fraction of sp³-hybridized carbons (Fsp3) is 0.909. The van der Waals surface area contributed by atoms with Crippen LogP contribution in [-0.2, 0) is 19.0 Å². The first-order valence-electron chi connectivity index (χ1n) is 5.86. The lowest BCUT2D eigenvalue weighted by Gasteiger charge is -2.41. The van der Waals surface area contributed by atoms with E-state index >= 15 is 0 Å². The van der Waals surface area contributed by atoms with Gasteiger partial charge in [0.2, 0.25) is 0 Å². The molecule has 1 heterocycles. The van der Waals surface area contributed by atoms with Crippen LogP contribution in [0.4, 0.5) is 0 Å². The second-order valence-electron chi connectivity index (χ2n) is 4.09. The zero-order chi connectivity index (χ0) is 13.5. The molecule has 7 heteroatoms. The van der Waals surface area contributed by atoms with E-state index in [-0.39, 0.29) is 13.2 Å². The molecule has 0 amide bonds. The minimum Gasteiger partial charge on any atom is -0.394 e. The van der Waals surface area contributed by atoms with Gasteiger partial charge < -0.3 is 34.3 Å². The fourth-order valence-electron chi connectivity index (χ4n) is 1.85. The van der Waals surface area contributed by atoms with Gasteiger partial charge in [-0.2, -0.15) is 0 Å². The summed E-state index contributed by atoms with van der Waals surface area (Å²) < 4.78 is 15.5. The molecule has 106 valence electrons. The van der Waals surface area contributed by atoms with Gasteiger partial charge in [-0.1, -0.05) is 0 Å². The van der Waals surface area contributed by atoms with Gasteiger partial charge in [0.25, 0.3) is 0 Å². The number of carbonyl (C=O) groups is 1. The molecular weight excluding hydrogens is 244 g/mol. The third kappa shape index (κ3) is 3.71. The van der Waals surface area contributed by atoms with Gasteiger partial charge in [-0.05, 0) is 6.42 Å². The molecule has 0 radical (unpaired) electrons. The van der Waals surface area contributed by atoms with E-state index in [4.69, 9.17) is 19.3 Å². The van der Waals surface area contributed by atoms with Gasteiger partial charge in [0, 0.05) is 13.5 Å². The van der Waals surface area contributed by atoms with E-state index in [2.05, 4.69) is 0 Å². The summed E-state index contributed by atoms with van der Waals surface area (Å²) in [4.78, 5) is 10.1. The van der Waals surface area contributed by atoms with Crippen molar-refractivity contribution in [2.75, 3.05) is 20.3 Å². The summed E-state index contributed by atoms with van der Waals surface area (Å²) in [5.41, 5.74) is 0. The Labute approximate surface area is 105 Å². The third-order valence-corrected chi connectivity index (χ3v) is 2.84. The molecule has 1 saturated heterocycles. The first-order chi connectivity index (χ1) is 8.65. The fourth-order valence-corrected chi connectivity index (χ4v) is 1.85. The highest BCUT2D eigenvalue weighted by Gasteiger charge is 2.44. The molecule has 0 aromatic heterocycles. The second-order valence-corrected chi connectivity index (χ2v) is 4.09. The summed E-state index contributed by atoms with van der Waals surface area (Å²) in [6.45, 7) is -0.126. The van der Waals surface area contributed by atoms with Crippen LogP contribution in [0.5, 0.6) is 0 Å². The molecule has 0 aromatic rings. The SMILES string of the molecule is CO[C@@H]1C(CO)O[C@@H](OCCCC=O)C(O)[C@H]1O. The maximum atomic E-state index is 10.1. The van der Waals surface area contributed by atoms with Crippen molar-refractivity contribution in [1.82, 2.24) is 0 Å². The third-order valence-electron chi connectivity index (χ3n) is 2.84. The normalized spacial score (nSPS) is 36.6. The Morgan fingerprint density at radius 2 is 2.06 bits per heavy atom. The lowest BCUT2D eigenvalue weighted by atomic mass is 9.99. The van der Waals surface area contributed by atoms with E-state index < -0.39 is 30.7 Å². The molecule has 0 aliphatic carbocycles. The number of carbonyl (C=O) groups excluding carboxylic acids is 1. The number of unbranched alkanes of at least 4 members (excludes halogenated alkanes) is 1. The molecule has 0 saturated carbocycles. The van der Waals surface area contributed by atoms with Crippen molar-refractivity contribution < 1.29 is 34.3 Å². The van der Waals surface area contributed by atoms with E-state index in [1.165, 1.54) is 7.11 Å². The van der Waals surface area contributed by atoms with Gasteiger partial charge in [-0.3, -0.25) is 0 Å². The Hall–Kier alpha value is -0.570. The van der Waals surface area contributed by atoms with Gasteiger partial charge in [0.1, 0.15) is 30.7 Å². The molecule has 0 aromatic carbocycles. The average molecular weight is 264 g/mol. The molecule has 5 atom stereocenters. The number of hydrogen-bond acceptors (Lipinski definition) is 7. The Morgan fingerprint density at radius 3 is 2.61 bits per heavy atom. The number of aldehydes is 1. The van der Waals surface area contributed by atoms with Crippen LogP contribution in [0.25, 0.3) is 0 Å². The van der Waals surface area contributed by atoms with Crippen molar-refractivity contribution in [3.05, 3.63) is 0 Å². The van der Waals surface area contributed by atoms with Gasteiger partial charge >= 0.3 is 0 Å². The van der Waals surface area contributed by atoms with Crippen molar-refractivity contribution in [3.8, 4) is 0 Å². The highest BCUT2D eigenvalue weighted by atomic mass is 16.7. The lowest BCUT2D eigenvalue weighted by Crippen LogP contribution is -2.59. The summed E-state index contributed by atoms with van der Waals surface area (Å²) in [6, 6.07) is 0. The molecule has 0 bridgehead atoms. The quantitative estimate of drug-likeness (QED) is 0.377. The predicted molar refractivity (Wildman–Crippen MR) is 59.8 cm³/mol. The Balaban J connectivity index is 2.50. The first kappa shape index (κ1) is 15.5. The van der Waals surface area contributed by atoms with Gasteiger partial charge in [-0.15, -0.1) is 0 Å². The smallest absolute Gasteiger partial charge is 0.186 e. The molecule has 3 N–H and O–H groups in total. The Bertz CT molecular complexity index is 246. The number of hydrogen-bond donors (Lipinski definition) is 3. The van der Waals surface area contributed by atoms with Crippen LogP contribution >= 0.6 is 0 Å². The molecule has 2 unspecified atom stereocenters. The Kier molecular flexibility index (Phi) is 6.69. The van der Waals surface area contributed by atoms with E-state index in [1.807, 2.05) is 0 Å². The summed E-state index contributed by atoms with van der Waals surface area (Å²) in [6.07, 6.45) is -3.42. The van der Waals surface area contributed by atoms with Crippen LogP contribution in [0.3, 0.4) is 0 Å². The zero-order valence-corrected chi connectivity index (χ0v) is 10.3. The van der Waals surface area contributed by atoms with E-state index in [9.17, 15) is 15.0 Å². The minimum absolute atomic E-state index is 0.225. The highest BCUT2D eigenvalue weighted by Crippen LogP contribution is 2.23. The Morgan fingerprint density at radius 1 is 1.33 bits per heavy atom. The number of aliphatic hydroxyl groups excluding tert-OH is 3. The molecule has 1 fully saturated rings. The van der Waals surface area contributed by atoms with Crippen molar-refractivity contribution in [1.29, 1.82) is 0 Å². The van der Waals surface area contributed by atoms with E-state index in [0.29, 0.717) is 12.8 Å². The maximum absolute atomic E-state index is 10.1. The summed E-state index contributed by atoms with van der Waals surface area (Å²) >= 11 is 0. The van der Waals surface area contributed by atoms with E-state index in [1.54, 1.807) is 0 Å². The topological polar surface area (TPSA) is 105 Å². The number of methoxy groups -OCH3 is 1. The maximum Gasteiger partial charge on any atom is 0.186 e. The van der Waals surface area contributed by atoms with Crippen LogP contribution in [0, 0.1) is 0 Å². The molecule has 18 heavy (non-hydrogen) atoms. The number of rotatable bonds is 7. The van der Waals surface area contributed by atoms with Crippen molar-refractivity contribution in [3.63, 3.8) is 0 Å². The molecular formula is C11H20O7. The molecule has 7 nitrogen and oxygen atoms in total. The van der Waals surface area contributed by atoms with Crippen molar-refractivity contribution in [2.24, 2.45) is 0 Å². The van der Waals surface area contributed by atoms with Crippen molar-refractivity contribution in [2.45, 2.75) is 43.5 Å². The van der Waals surface area contributed by atoms with Crippen LogP contribution in [0.15, 0.2) is 0 Å². The molecule has 1 aliphatic heterocycles. The highest BCUT2D eigenvalue weighted by molar-refractivity contribution is 5.48. The summed E-state index contributed by atoms with van der Waals surface area (Å²) in [5, 5.41) is 28.7. The monoisotopic (exact) mass is 264 g/mol. The van der Waals surface area contributed by atoms with Gasteiger partial charge in [-0.25, -0.2) is 0 Å². The second kappa shape index (κ2) is 7.78. The summed E-state index contributed by atoms with van der Waals surface area (Å²) in [7, 11) is 1.36. The lowest BCUT2D eigenvalue weighted by molar-refractivity contribution is -0.304. The molecule has 0 spiro atoms. The largest absolute Gasteiger partial charge is 0.394 e.